The average Bonchev–Trinajstić information content (AvgIpc) is 2.76. The third-order valence-corrected chi connectivity index (χ3v) is 3.16. The monoisotopic (exact) mass is 271 g/mol. The van der Waals surface area contributed by atoms with Gasteiger partial charge in [-0.1, -0.05) is 13.8 Å². The van der Waals surface area contributed by atoms with Crippen molar-refractivity contribution in [2.45, 2.75) is 45.2 Å². The van der Waals surface area contributed by atoms with Crippen LogP contribution in [0.1, 0.15) is 33.1 Å². The maximum atomic E-state index is 12.0. The number of aliphatic carboxylic acids is 1. The molecule has 0 saturated carbocycles. The van der Waals surface area contributed by atoms with Crippen LogP contribution in [0.4, 0.5) is 4.79 Å². The Kier molecular flexibility index (Phi) is 5.14. The first-order valence-electron chi connectivity index (χ1n) is 6.42. The fraction of sp³-hybridized carbons (Fsp3) is 0.750. The zero-order valence-corrected chi connectivity index (χ0v) is 11.3. The van der Waals surface area contributed by atoms with Crippen molar-refractivity contribution >= 4 is 17.9 Å². The summed E-state index contributed by atoms with van der Waals surface area (Å²) in [6.07, 6.45) is 1.57. The van der Waals surface area contributed by atoms with Crippen molar-refractivity contribution in [2.24, 2.45) is 11.7 Å². The fourth-order valence-electron chi connectivity index (χ4n) is 2.26. The molecule has 0 aliphatic carbocycles. The third-order valence-electron chi connectivity index (χ3n) is 3.16. The number of rotatable bonds is 5. The molecule has 0 unspecified atom stereocenters. The summed E-state index contributed by atoms with van der Waals surface area (Å²) < 4.78 is 0. The molecule has 1 rings (SSSR count). The number of primary amides is 1. The Hall–Kier alpha value is -1.79. The van der Waals surface area contributed by atoms with Gasteiger partial charge in [-0.3, -0.25) is 4.79 Å². The number of urea groups is 1. The van der Waals surface area contributed by atoms with E-state index in [2.05, 4.69) is 5.32 Å². The SMILES string of the molecule is CC(C)C[C@H](NC(=O)[C@@H]1CCCN1C(N)=O)C(=O)O. The molecule has 1 aliphatic heterocycles. The minimum atomic E-state index is -1.06. The number of carbonyl (C=O) groups is 3. The number of nitrogens with zero attached hydrogens (tertiary/aromatic N) is 1. The summed E-state index contributed by atoms with van der Waals surface area (Å²) in [5, 5.41) is 11.6. The largest absolute Gasteiger partial charge is 0.480 e. The van der Waals surface area contributed by atoms with Crippen LogP contribution in [-0.2, 0) is 9.59 Å². The van der Waals surface area contributed by atoms with Crippen LogP contribution in [0.25, 0.3) is 0 Å². The van der Waals surface area contributed by atoms with E-state index in [0.29, 0.717) is 25.8 Å². The van der Waals surface area contributed by atoms with Crippen LogP contribution in [0.15, 0.2) is 0 Å². The molecule has 0 aromatic carbocycles. The second-order valence-corrected chi connectivity index (χ2v) is 5.22. The van der Waals surface area contributed by atoms with E-state index in [1.54, 1.807) is 0 Å². The Morgan fingerprint density at radius 1 is 1.42 bits per heavy atom. The number of carbonyl (C=O) groups excluding carboxylic acids is 2. The molecule has 19 heavy (non-hydrogen) atoms. The summed E-state index contributed by atoms with van der Waals surface area (Å²) in [5.41, 5.74) is 5.19. The van der Waals surface area contributed by atoms with E-state index in [1.165, 1.54) is 4.90 Å². The number of amides is 3. The molecule has 7 heteroatoms. The lowest BCUT2D eigenvalue weighted by Gasteiger charge is -2.24. The van der Waals surface area contributed by atoms with Crippen molar-refractivity contribution in [3.8, 4) is 0 Å². The number of hydrogen-bond acceptors (Lipinski definition) is 3. The summed E-state index contributed by atoms with van der Waals surface area (Å²) in [4.78, 5) is 35.6. The number of carboxylic acids is 1. The van der Waals surface area contributed by atoms with Gasteiger partial charge in [-0.2, -0.15) is 0 Å². The summed E-state index contributed by atoms with van der Waals surface area (Å²) in [6, 6.07) is -2.22. The van der Waals surface area contributed by atoms with Crippen LogP contribution < -0.4 is 11.1 Å². The summed E-state index contributed by atoms with van der Waals surface area (Å²) in [5.74, 6) is -1.35. The van der Waals surface area contributed by atoms with Crippen molar-refractivity contribution in [3.63, 3.8) is 0 Å². The van der Waals surface area contributed by atoms with E-state index < -0.39 is 30.0 Å². The molecule has 108 valence electrons. The van der Waals surface area contributed by atoms with Gasteiger partial charge in [0.1, 0.15) is 12.1 Å². The lowest BCUT2D eigenvalue weighted by Crippen LogP contribution is -2.52. The zero-order valence-electron chi connectivity index (χ0n) is 11.3. The van der Waals surface area contributed by atoms with Crippen LogP contribution in [0.2, 0.25) is 0 Å². The fourth-order valence-corrected chi connectivity index (χ4v) is 2.26. The molecule has 0 radical (unpaired) electrons. The number of carboxylic acid groups (broad SMARTS) is 1. The highest BCUT2D eigenvalue weighted by Crippen LogP contribution is 2.17. The van der Waals surface area contributed by atoms with E-state index in [9.17, 15) is 14.4 Å². The lowest BCUT2D eigenvalue weighted by molar-refractivity contribution is -0.142. The van der Waals surface area contributed by atoms with E-state index in [0.717, 1.165) is 0 Å². The van der Waals surface area contributed by atoms with Gasteiger partial charge in [0, 0.05) is 6.54 Å². The smallest absolute Gasteiger partial charge is 0.326 e. The molecule has 7 nitrogen and oxygen atoms in total. The van der Waals surface area contributed by atoms with Gasteiger partial charge < -0.3 is 21.1 Å². The van der Waals surface area contributed by atoms with Crippen LogP contribution >= 0.6 is 0 Å². The minimum absolute atomic E-state index is 0.150. The van der Waals surface area contributed by atoms with Gasteiger partial charge in [0.15, 0.2) is 0 Å². The van der Waals surface area contributed by atoms with Crippen molar-refractivity contribution in [2.75, 3.05) is 6.54 Å². The topological polar surface area (TPSA) is 113 Å². The summed E-state index contributed by atoms with van der Waals surface area (Å²) >= 11 is 0. The molecule has 2 atom stereocenters. The molecule has 0 aromatic heterocycles. The summed E-state index contributed by atoms with van der Waals surface area (Å²) in [6.45, 7) is 4.20. The van der Waals surface area contributed by atoms with Crippen LogP contribution in [-0.4, -0.2) is 46.5 Å². The number of hydrogen-bond donors (Lipinski definition) is 3. The first kappa shape index (κ1) is 15.3. The molecule has 1 aliphatic rings. The van der Waals surface area contributed by atoms with Gasteiger partial charge >= 0.3 is 12.0 Å². The standard InChI is InChI=1S/C12H21N3O4/c1-7(2)6-8(11(17)18)14-10(16)9-4-3-5-15(9)12(13)19/h7-9H,3-6H2,1-2H3,(H2,13,19)(H,14,16)(H,17,18)/t8-,9-/m0/s1. The van der Waals surface area contributed by atoms with Crippen molar-refractivity contribution in [1.82, 2.24) is 10.2 Å². The molecule has 3 amide bonds. The quantitative estimate of drug-likeness (QED) is 0.660. The van der Waals surface area contributed by atoms with Gasteiger partial charge in [0.2, 0.25) is 5.91 Å². The predicted octanol–water partition coefficient (Wildman–Crippen LogP) is 0.145. The van der Waals surface area contributed by atoms with Crippen molar-refractivity contribution in [1.29, 1.82) is 0 Å². The van der Waals surface area contributed by atoms with Crippen molar-refractivity contribution in [3.05, 3.63) is 0 Å². The van der Waals surface area contributed by atoms with Gasteiger partial charge in [0.05, 0.1) is 0 Å². The molecule has 1 saturated heterocycles. The first-order chi connectivity index (χ1) is 8.82. The predicted molar refractivity (Wildman–Crippen MR) is 68.3 cm³/mol. The molecule has 4 N–H and O–H groups in total. The minimum Gasteiger partial charge on any atom is -0.480 e. The Morgan fingerprint density at radius 3 is 2.53 bits per heavy atom. The molecular formula is C12H21N3O4. The molecule has 0 bridgehead atoms. The van der Waals surface area contributed by atoms with Crippen LogP contribution in [0, 0.1) is 5.92 Å². The molecule has 1 fully saturated rings. The second kappa shape index (κ2) is 6.40. The Balaban J connectivity index is 2.66. The highest BCUT2D eigenvalue weighted by molar-refractivity contribution is 5.90. The van der Waals surface area contributed by atoms with E-state index in [4.69, 9.17) is 10.8 Å². The number of nitrogens with one attached hydrogen (secondary N) is 1. The van der Waals surface area contributed by atoms with Crippen LogP contribution in [0.3, 0.4) is 0 Å². The second-order valence-electron chi connectivity index (χ2n) is 5.22. The third kappa shape index (κ3) is 4.11. The Morgan fingerprint density at radius 2 is 2.05 bits per heavy atom. The van der Waals surface area contributed by atoms with Gasteiger partial charge in [0.25, 0.3) is 0 Å². The summed E-state index contributed by atoms with van der Waals surface area (Å²) in [7, 11) is 0. The number of likely N-dealkylation sites (tertiary alicyclic amines) is 1. The average molecular weight is 271 g/mol. The van der Waals surface area contributed by atoms with E-state index in [-0.39, 0.29) is 5.92 Å². The first-order valence-corrected chi connectivity index (χ1v) is 6.42. The molecular weight excluding hydrogens is 250 g/mol. The van der Waals surface area contributed by atoms with Gasteiger partial charge in [-0.05, 0) is 25.2 Å². The molecule has 1 heterocycles. The van der Waals surface area contributed by atoms with Gasteiger partial charge in [-0.25, -0.2) is 9.59 Å². The highest BCUT2D eigenvalue weighted by atomic mass is 16.4. The maximum Gasteiger partial charge on any atom is 0.326 e. The molecule has 0 spiro atoms. The van der Waals surface area contributed by atoms with E-state index >= 15 is 0 Å². The molecule has 0 aromatic rings. The van der Waals surface area contributed by atoms with Crippen molar-refractivity contribution < 1.29 is 19.5 Å². The van der Waals surface area contributed by atoms with Crippen LogP contribution in [0.5, 0.6) is 0 Å². The van der Waals surface area contributed by atoms with Gasteiger partial charge in [-0.15, -0.1) is 0 Å². The zero-order chi connectivity index (χ0) is 14.6. The lowest BCUT2D eigenvalue weighted by atomic mass is 10.0. The maximum absolute atomic E-state index is 12.0. The normalized spacial score (nSPS) is 20.4. The highest BCUT2D eigenvalue weighted by Gasteiger charge is 2.34. The van der Waals surface area contributed by atoms with E-state index in [1.807, 2.05) is 13.8 Å². The number of nitrogens with two attached hydrogens (primary N) is 1. The Bertz CT molecular complexity index is 370. The Labute approximate surface area is 112 Å².